The molecule has 20 heavy (non-hydrogen) atoms. The smallest absolute Gasteiger partial charge is 0.542 e. The van der Waals surface area contributed by atoms with Crippen LogP contribution in [0.3, 0.4) is 0 Å². The molecule has 0 saturated heterocycles. The van der Waals surface area contributed by atoms with Gasteiger partial charge in [-0.05, 0) is 31.1 Å². The van der Waals surface area contributed by atoms with Crippen molar-refractivity contribution >= 4 is 48.0 Å². The molecule has 0 N–H and O–H groups in total. The molecule has 100 valence electrons. The fourth-order valence-electron chi connectivity index (χ4n) is 1.49. The Labute approximate surface area is 175 Å². The van der Waals surface area contributed by atoms with Crippen LogP contribution in [0.25, 0.3) is 4.13 Å². The quantitative estimate of drug-likeness (QED) is 0.444. The van der Waals surface area contributed by atoms with Crippen LogP contribution in [0.15, 0.2) is 60.7 Å². The molecule has 6 heteroatoms. The van der Waals surface area contributed by atoms with Gasteiger partial charge in [-0.25, -0.2) is 11.6 Å². The fraction of sp³-hybridized carbons (Fsp3) is 0.143. The summed E-state index contributed by atoms with van der Waals surface area (Å²) in [5, 5.41) is 2.74. The minimum atomic E-state index is -0.442. The second kappa shape index (κ2) is 11.2. The summed E-state index contributed by atoms with van der Waals surface area (Å²) < 4.78 is 4.61. The normalized spacial score (nSPS) is 10.6. The molecule has 0 heterocycles. The van der Waals surface area contributed by atoms with Gasteiger partial charge in [0.2, 0.25) is 0 Å². The van der Waals surface area contributed by atoms with E-state index in [1.165, 1.54) is 10.6 Å². The summed E-state index contributed by atoms with van der Waals surface area (Å²) in [7, 11) is -0.471. The van der Waals surface area contributed by atoms with Crippen molar-refractivity contribution in [1.29, 1.82) is 0 Å². The van der Waals surface area contributed by atoms with Gasteiger partial charge in [0.05, 0.1) is 0 Å². The molecule has 0 saturated carbocycles. The van der Waals surface area contributed by atoms with Crippen molar-refractivity contribution in [3.05, 3.63) is 64.8 Å². The molecule has 0 aliphatic carbocycles. The summed E-state index contributed by atoms with van der Waals surface area (Å²) >= 11 is 3.44. The molecule has 0 atom stereocenters. The SMILES string of the molecule is CP(C)S[N-]SP(c1ccccc1)c1ccccc1.[K+]. The third-order valence-corrected chi connectivity index (χ3v) is 8.79. The molecule has 1 nitrogen and oxygen atoms in total. The van der Waals surface area contributed by atoms with E-state index >= 15 is 0 Å². The van der Waals surface area contributed by atoms with Gasteiger partial charge in [0.15, 0.2) is 0 Å². The number of hydrogen-bond donors (Lipinski definition) is 0. The predicted molar refractivity (Wildman–Crippen MR) is 96.4 cm³/mol. The number of benzene rings is 2. The van der Waals surface area contributed by atoms with Crippen molar-refractivity contribution in [2.45, 2.75) is 0 Å². The Balaban J connectivity index is 0.00000200. The van der Waals surface area contributed by atoms with Gasteiger partial charge in [-0.1, -0.05) is 67.8 Å². The molecule has 0 aliphatic rings. The summed E-state index contributed by atoms with van der Waals surface area (Å²) in [5.74, 6) is 0. The van der Waals surface area contributed by atoms with Crippen molar-refractivity contribution < 1.29 is 51.4 Å². The Morgan fingerprint density at radius 3 is 1.60 bits per heavy atom. The van der Waals surface area contributed by atoms with E-state index in [2.05, 4.69) is 78.1 Å². The van der Waals surface area contributed by atoms with Gasteiger partial charge in [-0.2, -0.15) is 0 Å². The molecule has 0 aromatic heterocycles. The molecule has 2 rings (SSSR count). The fourth-order valence-corrected chi connectivity index (χ4v) is 7.95. The van der Waals surface area contributed by atoms with Crippen LogP contribution in [-0.4, -0.2) is 13.3 Å². The summed E-state index contributed by atoms with van der Waals surface area (Å²) in [6.45, 7) is 4.47. The van der Waals surface area contributed by atoms with E-state index in [-0.39, 0.29) is 58.5 Å². The summed E-state index contributed by atoms with van der Waals surface area (Å²) in [6, 6.07) is 21.4. The van der Waals surface area contributed by atoms with E-state index in [1.54, 1.807) is 23.1 Å². The first kappa shape index (κ1) is 19.6. The maximum Gasteiger partial charge on any atom is 1.00 e. The summed E-state index contributed by atoms with van der Waals surface area (Å²) in [4.78, 5) is 0. The topological polar surface area (TPSA) is 14.1 Å². The van der Waals surface area contributed by atoms with Gasteiger partial charge >= 0.3 is 51.4 Å². The molecule has 0 amide bonds. The molecular formula is C14H16KNP2S2. The molecule has 2 aromatic carbocycles. The van der Waals surface area contributed by atoms with Crippen LogP contribution in [0.5, 0.6) is 0 Å². The van der Waals surface area contributed by atoms with E-state index in [0.29, 0.717) is 0 Å². The van der Waals surface area contributed by atoms with Gasteiger partial charge in [0.25, 0.3) is 0 Å². The summed E-state index contributed by atoms with van der Waals surface area (Å²) in [6.07, 6.45) is 0. The second-order valence-corrected chi connectivity index (χ2v) is 12.5. The molecule has 0 bridgehead atoms. The molecule has 2 aromatic rings. The van der Waals surface area contributed by atoms with E-state index < -0.39 is 7.12 Å². The third kappa shape index (κ3) is 6.79. The van der Waals surface area contributed by atoms with Crippen molar-refractivity contribution in [1.82, 2.24) is 0 Å². The van der Waals surface area contributed by atoms with Gasteiger partial charge in [0, 0.05) is 0 Å². The van der Waals surface area contributed by atoms with E-state index in [0.717, 1.165) is 0 Å². The van der Waals surface area contributed by atoms with Crippen LogP contribution in [0.1, 0.15) is 0 Å². The zero-order valence-corrected chi connectivity index (χ0v) is 18.5. The van der Waals surface area contributed by atoms with Crippen LogP contribution >= 0.6 is 37.4 Å². The van der Waals surface area contributed by atoms with E-state index in [9.17, 15) is 0 Å². The Morgan fingerprint density at radius 1 is 0.750 bits per heavy atom. The molecule has 0 spiro atoms. The Kier molecular flexibility index (Phi) is 11.0. The molecule has 0 unspecified atom stereocenters. The molecule has 0 aliphatic heterocycles. The standard InChI is InChI=1S/C14H16NP2S2.K/c1-16(2)18-15-19-17(13-9-5-3-6-10-13)14-11-7-4-8-12-14;/h3-12H,1-2H3;/q-1;+1. The minimum Gasteiger partial charge on any atom is -0.542 e. The first-order valence-corrected chi connectivity index (χ1v) is 12.2. The first-order valence-electron chi connectivity index (χ1n) is 5.89. The zero-order valence-electron chi connectivity index (χ0n) is 11.9. The number of hydrogen-bond acceptors (Lipinski definition) is 2. The predicted octanol–water partition coefficient (Wildman–Crippen LogP) is 2.36. The van der Waals surface area contributed by atoms with Crippen molar-refractivity contribution in [2.75, 3.05) is 13.3 Å². The van der Waals surface area contributed by atoms with Crippen LogP contribution in [0.4, 0.5) is 0 Å². The number of rotatable bonds is 6. The van der Waals surface area contributed by atoms with Crippen molar-refractivity contribution in [2.24, 2.45) is 0 Å². The van der Waals surface area contributed by atoms with Crippen LogP contribution < -0.4 is 62.0 Å². The van der Waals surface area contributed by atoms with Crippen LogP contribution in [0, 0.1) is 0 Å². The maximum absolute atomic E-state index is 4.61. The monoisotopic (exact) mass is 363 g/mol. The average Bonchev–Trinajstić information content (AvgIpc) is 2.45. The summed E-state index contributed by atoms with van der Waals surface area (Å²) in [5.41, 5.74) is 0. The van der Waals surface area contributed by atoms with Crippen molar-refractivity contribution in [3.63, 3.8) is 0 Å². The third-order valence-electron chi connectivity index (χ3n) is 2.29. The Morgan fingerprint density at radius 2 is 1.20 bits per heavy atom. The van der Waals surface area contributed by atoms with Crippen LogP contribution in [-0.2, 0) is 0 Å². The minimum absolute atomic E-state index is 0. The zero-order chi connectivity index (χ0) is 13.5. The Bertz CT molecular complexity index is 446. The average molecular weight is 363 g/mol. The van der Waals surface area contributed by atoms with Gasteiger partial charge in [-0.15, -0.1) is 0 Å². The number of nitrogens with zero attached hydrogens (tertiary/aromatic N) is 1. The first-order chi connectivity index (χ1) is 9.27. The molecule has 0 radical (unpaired) electrons. The van der Waals surface area contributed by atoms with Gasteiger partial charge in [-0.3, -0.25) is 11.6 Å². The maximum atomic E-state index is 4.61. The van der Waals surface area contributed by atoms with Gasteiger partial charge < -0.3 is 4.13 Å². The molecule has 0 fully saturated rings. The van der Waals surface area contributed by atoms with E-state index in [1.807, 2.05) is 0 Å². The van der Waals surface area contributed by atoms with Crippen LogP contribution in [0.2, 0.25) is 0 Å². The van der Waals surface area contributed by atoms with Crippen molar-refractivity contribution in [3.8, 4) is 0 Å². The van der Waals surface area contributed by atoms with E-state index in [4.69, 9.17) is 0 Å². The Hall–Kier alpha value is 1.60. The molecular weight excluding hydrogens is 347 g/mol. The van der Waals surface area contributed by atoms with Gasteiger partial charge in [0.1, 0.15) is 0 Å². The largest absolute Gasteiger partial charge is 1.00 e. The second-order valence-electron chi connectivity index (χ2n) is 4.02.